The van der Waals surface area contributed by atoms with Crippen molar-refractivity contribution >= 4 is 33.5 Å². The summed E-state index contributed by atoms with van der Waals surface area (Å²) in [5.41, 5.74) is 0.692. The molecule has 0 spiro atoms. The monoisotopic (exact) mass is 367 g/mol. The Hall–Kier alpha value is -2.57. The number of nitriles is 1. The van der Waals surface area contributed by atoms with Gasteiger partial charge in [-0.05, 0) is 18.1 Å². The highest BCUT2D eigenvalue weighted by molar-refractivity contribution is 7.90. The number of rotatable bonds is 4. The van der Waals surface area contributed by atoms with E-state index in [0.29, 0.717) is 5.69 Å². The molecule has 10 heteroatoms. The van der Waals surface area contributed by atoms with Gasteiger partial charge < -0.3 is 0 Å². The molecule has 2 amide bonds. The molecule has 0 aliphatic rings. The van der Waals surface area contributed by atoms with Crippen molar-refractivity contribution in [2.75, 3.05) is 5.32 Å². The second-order valence-corrected chi connectivity index (χ2v) is 7.18. The fourth-order valence-electron chi connectivity index (χ4n) is 1.95. The maximum absolute atomic E-state index is 12.2. The van der Waals surface area contributed by atoms with Crippen LogP contribution in [0.25, 0.3) is 0 Å². The second-order valence-electron chi connectivity index (χ2n) is 5.12. The van der Waals surface area contributed by atoms with Crippen molar-refractivity contribution in [3.05, 3.63) is 40.5 Å². The number of H-pyrrole nitrogens is 1. The standard InChI is InChI=1S/C14H14ClN5O3S/c1-8(2)12-9(7-16)13(19-18-12)17-14(21)20-24(22,23)11-6-4-3-5-10(11)15/h3-6,8H,1-2H3,(H3,17,18,19,20,21). The Bertz CT molecular complexity index is 915. The van der Waals surface area contributed by atoms with Gasteiger partial charge in [0.15, 0.2) is 5.82 Å². The van der Waals surface area contributed by atoms with E-state index < -0.39 is 16.1 Å². The lowest BCUT2D eigenvalue weighted by Gasteiger charge is -2.08. The first-order valence-corrected chi connectivity index (χ1v) is 8.69. The van der Waals surface area contributed by atoms with E-state index in [9.17, 15) is 18.5 Å². The molecule has 1 heterocycles. The molecule has 8 nitrogen and oxygen atoms in total. The number of carbonyl (C=O) groups is 1. The predicted octanol–water partition coefficient (Wildman–Crippen LogP) is 2.57. The van der Waals surface area contributed by atoms with Crippen LogP contribution in [0.2, 0.25) is 5.02 Å². The van der Waals surface area contributed by atoms with E-state index in [1.807, 2.05) is 24.6 Å². The van der Waals surface area contributed by atoms with Gasteiger partial charge in [-0.2, -0.15) is 10.4 Å². The average Bonchev–Trinajstić information content (AvgIpc) is 2.89. The molecule has 126 valence electrons. The van der Waals surface area contributed by atoms with Crippen molar-refractivity contribution in [3.8, 4) is 6.07 Å². The van der Waals surface area contributed by atoms with E-state index in [1.165, 1.54) is 18.2 Å². The molecule has 0 unspecified atom stereocenters. The Morgan fingerprint density at radius 1 is 1.38 bits per heavy atom. The molecular weight excluding hydrogens is 354 g/mol. The quantitative estimate of drug-likeness (QED) is 0.765. The molecule has 0 radical (unpaired) electrons. The number of aromatic amines is 1. The molecule has 3 N–H and O–H groups in total. The Labute approximate surface area is 143 Å². The van der Waals surface area contributed by atoms with E-state index in [2.05, 4.69) is 15.5 Å². The molecule has 0 aliphatic carbocycles. The number of hydrogen-bond acceptors (Lipinski definition) is 5. The first kappa shape index (κ1) is 17.8. The number of anilines is 1. The lowest BCUT2D eigenvalue weighted by molar-refractivity contribution is 0.256. The molecule has 0 bridgehead atoms. The highest BCUT2D eigenvalue weighted by Gasteiger charge is 2.22. The van der Waals surface area contributed by atoms with Gasteiger partial charge in [-0.25, -0.2) is 17.9 Å². The van der Waals surface area contributed by atoms with Gasteiger partial charge in [0.05, 0.1) is 10.7 Å². The number of amides is 2. The highest BCUT2D eigenvalue weighted by atomic mass is 35.5. The summed E-state index contributed by atoms with van der Waals surface area (Å²) in [6.07, 6.45) is 0. The number of nitrogens with zero attached hydrogens (tertiary/aromatic N) is 2. The molecule has 0 atom stereocenters. The number of hydrogen-bond donors (Lipinski definition) is 3. The molecule has 1 aromatic carbocycles. The number of nitrogens with one attached hydrogen (secondary N) is 3. The minimum atomic E-state index is -4.15. The van der Waals surface area contributed by atoms with Gasteiger partial charge in [-0.15, -0.1) is 0 Å². The smallest absolute Gasteiger partial charge is 0.289 e. The van der Waals surface area contributed by atoms with Crippen LogP contribution in [-0.2, 0) is 10.0 Å². The summed E-state index contributed by atoms with van der Waals surface area (Å²) in [5, 5.41) is 17.9. The maximum Gasteiger partial charge on any atom is 0.334 e. The fourth-order valence-corrected chi connectivity index (χ4v) is 3.38. The molecule has 0 fully saturated rings. The molecule has 24 heavy (non-hydrogen) atoms. The van der Waals surface area contributed by atoms with Crippen LogP contribution in [-0.4, -0.2) is 24.6 Å². The first-order valence-electron chi connectivity index (χ1n) is 6.83. The lowest BCUT2D eigenvalue weighted by atomic mass is 10.1. The maximum atomic E-state index is 12.2. The van der Waals surface area contributed by atoms with Crippen LogP contribution in [0.15, 0.2) is 29.2 Å². The van der Waals surface area contributed by atoms with Crippen LogP contribution in [0.3, 0.4) is 0 Å². The van der Waals surface area contributed by atoms with Crippen molar-refractivity contribution in [3.63, 3.8) is 0 Å². The second kappa shape index (κ2) is 6.90. The molecule has 2 rings (SSSR count). The third kappa shape index (κ3) is 3.67. The summed E-state index contributed by atoms with van der Waals surface area (Å²) >= 11 is 5.83. The summed E-state index contributed by atoms with van der Waals surface area (Å²) in [6.45, 7) is 3.69. The number of urea groups is 1. The van der Waals surface area contributed by atoms with Crippen molar-refractivity contribution in [1.82, 2.24) is 14.9 Å². The van der Waals surface area contributed by atoms with Crippen molar-refractivity contribution in [2.24, 2.45) is 0 Å². The number of carbonyl (C=O) groups excluding carboxylic acids is 1. The van der Waals surface area contributed by atoms with Gasteiger partial charge in [0.1, 0.15) is 16.5 Å². The van der Waals surface area contributed by atoms with Crippen molar-refractivity contribution in [1.29, 1.82) is 5.26 Å². The zero-order chi connectivity index (χ0) is 17.9. The van der Waals surface area contributed by atoms with E-state index in [4.69, 9.17) is 11.6 Å². The van der Waals surface area contributed by atoms with Gasteiger partial charge in [0.25, 0.3) is 10.0 Å². The van der Waals surface area contributed by atoms with Gasteiger partial charge in [-0.1, -0.05) is 37.6 Å². The van der Waals surface area contributed by atoms with Crippen molar-refractivity contribution in [2.45, 2.75) is 24.7 Å². The Morgan fingerprint density at radius 3 is 2.62 bits per heavy atom. The summed E-state index contributed by atoms with van der Waals surface area (Å²) in [7, 11) is -4.15. The van der Waals surface area contributed by atoms with Crippen LogP contribution in [0, 0.1) is 11.3 Å². The van der Waals surface area contributed by atoms with Gasteiger partial charge in [0, 0.05) is 0 Å². The SMILES string of the molecule is CC(C)c1[nH]nc(NC(=O)NS(=O)(=O)c2ccccc2Cl)c1C#N. The number of halogens is 1. The first-order chi connectivity index (χ1) is 11.3. The zero-order valence-electron chi connectivity index (χ0n) is 12.8. The number of sulfonamides is 1. The normalized spacial score (nSPS) is 11.1. The van der Waals surface area contributed by atoms with Crippen LogP contribution < -0.4 is 10.0 Å². The molecule has 0 saturated carbocycles. The average molecular weight is 368 g/mol. The van der Waals surface area contributed by atoms with Gasteiger partial charge >= 0.3 is 6.03 Å². The number of benzene rings is 1. The summed E-state index contributed by atoms with van der Waals surface area (Å²) in [4.78, 5) is 11.7. The lowest BCUT2D eigenvalue weighted by Crippen LogP contribution is -2.34. The summed E-state index contributed by atoms with van der Waals surface area (Å²) < 4.78 is 26.2. The number of aromatic nitrogens is 2. The predicted molar refractivity (Wildman–Crippen MR) is 88.2 cm³/mol. The van der Waals surface area contributed by atoms with Crippen LogP contribution in [0.5, 0.6) is 0 Å². The Morgan fingerprint density at radius 2 is 2.04 bits per heavy atom. The summed E-state index contributed by atoms with van der Waals surface area (Å²) in [5.74, 6) is -0.0642. The van der Waals surface area contributed by atoms with Crippen LogP contribution in [0.4, 0.5) is 10.6 Å². The highest BCUT2D eigenvalue weighted by Crippen LogP contribution is 2.23. The van der Waals surface area contributed by atoms with E-state index in [-0.39, 0.29) is 27.2 Å². The zero-order valence-corrected chi connectivity index (χ0v) is 14.4. The molecule has 1 aromatic heterocycles. The molecule has 2 aromatic rings. The van der Waals surface area contributed by atoms with Crippen molar-refractivity contribution < 1.29 is 13.2 Å². The van der Waals surface area contributed by atoms with Crippen LogP contribution in [0.1, 0.15) is 31.0 Å². The van der Waals surface area contributed by atoms with E-state index in [0.717, 1.165) is 0 Å². The van der Waals surface area contributed by atoms with Gasteiger partial charge in [-0.3, -0.25) is 10.4 Å². The third-order valence-corrected chi connectivity index (χ3v) is 4.90. The molecule has 0 saturated heterocycles. The van der Waals surface area contributed by atoms with E-state index >= 15 is 0 Å². The Kier molecular flexibility index (Phi) is 5.11. The van der Waals surface area contributed by atoms with E-state index in [1.54, 1.807) is 6.07 Å². The van der Waals surface area contributed by atoms with Crippen LogP contribution >= 0.6 is 11.6 Å². The molecular formula is C14H14ClN5O3S. The Balaban J connectivity index is 2.20. The third-order valence-electron chi connectivity index (χ3n) is 3.07. The molecule has 0 aliphatic heterocycles. The topological polar surface area (TPSA) is 128 Å². The minimum Gasteiger partial charge on any atom is -0.289 e. The fraction of sp³-hybridized carbons (Fsp3) is 0.214. The summed E-state index contributed by atoms with van der Waals surface area (Å²) in [6, 6.07) is 6.59. The minimum absolute atomic E-state index is 0.0161. The van der Waals surface area contributed by atoms with Gasteiger partial charge in [0.2, 0.25) is 0 Å². The largest absolute Gasteiger partial charge is 0.334 e.